The van der Waals surface area contributed by atoms with Gasteiger partial charge in [0.25, 0.3) is 0 Å². The molecule has 0 aliphatic rings. The van der Waals surface area contributed by atoms with E-state index in [1.54, 1.807) is 35.0 Å². The lowest BCUT2D eigenvalue weighted by atomic mass is 10.2. The van der Waals surface area contributed by atoms with Gasteiger partial charge in [0.05, 0.1) is 6.54 Å². The predicted octanol–water partition coefficient (Wildman–Crippen LogP) is 3.37. The number of nitrogens with one attached hydrogen (secondary N) is 1. The number of rotatable bonds is 4. The summed E-state index contributed by atoms with van der Waals surface area (Å²) in [6, 6.07) is 9.27. The van der Waals surface area contributed by atoms with Crippen molar-refractivity contribution in [2.24, 2.45) is 7.05 Å². The molecule has 0 aliphatic heterocycles. The zero-order chi connectivity index (χ0) is 17.1. The van der Waals surface area contributed by atoms with Crippen molar-refractivity contribution in [3.63, 3.8) is 0 Å². The van der Waals surface area contributed by atoms with Crippen LogP contribution < -0.4 is 5.32 Å². The minimum atomic E-state index is -0.173. The lowest BCUT2D eigenvalue weighted by Gasteiger charge is -2.17. The van der Waals surface area contributed by atoms with Crippen molar-refractivity contribution < 1.29 is 4.79 Å². The van der Waals surface area contributed by atoms with Crippen LogP contribution in [-0.4, -0.2) is 38.2 Å². The first-order valence-electron chi connectivity index (χ1n) is 7.11. The van der Waals surface area contributed by atoms with E-state index < -0.39 is 0 Å². The normalized spacial score (nSPS) is 10.6. The molecule has 24 heavy (non-hydrogen) atoms. The highest BCUT2D eigenvalue weighted by atomic mass is 79.9. The van der Waals surface area contributed by atoms with Gasteiger partial charge in [-0.25, -0.2) is 9.48 Å². The summed E-state index contributed by atoms with van der Waals surface area (Å²) in [5.41, 5.74) is 1.53. The number of amides is 2. The number of hydrogen-bond acceptors (Lipinski definition) is 5. The molecule has 0 fully saturated rings. The molecule has 0 unspecified atom stereocenters. The van der Waals surface area contributed by atoms with E-state index in [1.165, 1.54) is 0 Å². The van der Waals surface area contributed by atoms with Crippen molar-refractivity contribution in [2.75, 3.05) is 12.4 Å². The average Bonchev–Trinajstić information content (AvgIpc) is 3.16. The fraction of sp³-hybridized carbons (Fsp3) is 0.200. The van der Waals surface area contributed by atoms with E-state index in [0.29, 0.717) is 18.1 Å². The van der Waals surface area contributed by atoms with Crippen LogP contribution in [-0.2, 0) is 13.6 Å². The Kier molecular flexibility index (Phi) is 4.91. The lowest BCUT2D eigenvalue weighted by molar-refractivity contribution is 0.221. The van der Waals surface area contributed by atoms with Crippen LogP contribution in [0.25, 0.3) is 11.4 Å². The number of thiophene rings is 1. The molecule has 0 atom stereocenters. The number of nitrogens with zero attached hydrogens (tertiary/aromatic N) is 5. The minimum absolute atomic E-state index is 0.173. The molecule has 0 radical (unpaired) electrons. The third-order valence-electron chi connectivity index (χ3n) is 3.35. The van der Waals surface area contributed by atoms with Crippen molar-refractivity contribution >= 4 is 39.0 Å². The molecule has 3 rings (SSSR count). The van der Waals surface area contributed by atoms with Gasteiger partial charge in [-0.1, -0.05) is 12.1 Å². The van der Waals surface area contributed by atoms with E-state index in [9.17, 15) is 4.79 Å². The average molecular weight is 407 g/mol. The number of halogens is 1. The number of benzene rings is 1. The Balaban J connectivity index is 1.69. The topological polar surface area (TPSA) is 75.9 Å². The quantitative estimate of drug-likeness (QED) is 0.720. The number of urea groups is 1. The first-order chi connectivity index (χ1) is 11.5. The lowest BCUT2D eigenvalue weighted by Crippen LogP contribution is -2.30. The van der Waals surface area contributed by atoms with Gasteiger partial charge in [-0.15, -0.1) is 16.4 Å². The van der Waals surface area contributed by atoms with Crippen LogP contribution >= 0.6 is 27.3 Å². The fourth-order valence-electron chi connectivity index (χ4n) is 2.17. The molecular formula is C15H15BrN6OS. The van der Waals surface area contributed by atoms with E-state index in [-0.39, 0.29) is 6.03 Å². The molecule has 0 bridgehead atoms. The summed E-state index contributed by atoms with van der Waals surface area (Å²) >= 11 is 5.03. The van der Waals surface area contributed by atoms with Crippen molar-refractivity contribution in [3.8, 4) is 11.4 Å². The van der Waals surface area contributed by atoms with Gasteiger partial charge in [0, 0.05) is 40.1 Å². The molecule has 0 saturated carbocycles. The molecule has 9 heteroatoms. The molecule has 2 amide bonds. The van der Waals surface area contributed by atoms with Gasteiger partial charge < -0.3 is 10.2 Å². The van der Waals surface area contributed by atoms with Crippen LogP contribution in [0.2, 0.25) is 0 Å². The standard InChI is InChI=1S/C15H15BrN6OS/c1-21(8-13-7-11(16)9-24-13)15(23)17-12-5-3-4-10(6-12)14-18-19-20-22(14)2/h3-7,9H,8H2,1-2H3,(H,17,23). The monoisotopic (exact) mass is 406 g/mol. The van der Waals surface area contributed by atoms with Crippen LogP contribution in [0.3, 0.4) is 0 Å². The van der Waals surface area contributed by atoms with Crippen LogP contribution in [0.15, 0.2) is 40.2 Å². The van der Waals surface area contributed by atoms with Crippen LogP contribution in [0.1, 0.15) is 4.88 Å². The van der Waals surface area contributed by atoms with Gasteiger partial charge in [0.1, 0.15) is 0 Å². The van der Waals surface area contributed by atoms with Crippen LogP contribution in [0.5, 0.6) is 0 Å². The van der Waals surface area contributed by atoms with Gasteiger partial charge >= 0.3 is 6.03 Å². The Labute approximate surface area is 151 Å². The smallest absolute Gasteiger partial charge is 0.321 e. The Morgan fingerprint density at radius 3 is 2.92 bits per heavy atom. The largest absolute Gasteiger partial charge is 0.322 e. The Morgan fingerprint density at radius 1 is 1.42 bits per heavy atom. The Bertz CT molecular complexity index is 861. The molecule has 0 saturated heterocycles. The summed E-state index contributed by atoms with van der Waals surface area (Å²) in [7, 11) is 3.53. The molecule has 124 valence electrons. The van der Waals surface area contributed by atoms with Crippen LogP contribution in [0, 0.1) is 0 Å². The number of hydrogen-bond donors (Lipinski definition) is 1. The summed E-state index contributed by atoms with van der Waals surface area (Å²) < 4.78 is 2.61. The van der Waals surface area contributed by atoms with Crippen molar-refractivity contribution in [3.05, 3.63) is 45.1 Å². The van der Waals surface area contributed by atoms with Gasteiger partial charge in [0.2, 0.25) is 0 Å². The summed E-state index contributed by atoms with van der Waals surface area (Å²) in [4.78, 5) is 15.1. The second-order valence-corrected chi connectivity index (χ2v) is 7.14. The second-order valence-electron chi connectivity index (χ2n) is 5.22. The molecule has 2 aromatic heterocycles. The number of aryl methyl sites for hydroxylation is 1. The molecule has 3 aromatic rings. The number of anilines is 1. The molecule has 1 N–H and O–H groups in total. The summed E-state index contributed by atoms with van der Waals surface area (Å²) in [5, 5.41) is 16.3. The molecule has 0 spiro atoms. The number of carbonyl (C=O) groups excluding carboxylic acids is 1. The van der Waals surface area contributed by atoms with E-state index in [1.807, 2.05) is 35.7 Å². The zero-order valence-electron chi connectivity index (χ0n) is 13.1. The third-order valence-corrected chi connectivity index (χ3v) is 5.04. The maximum Gasteiger partial charge on any atom is 0.321 e. The number of tetrazole rings is 1. The van der Waals surface area contributed by atoms with E-state index in [2.05, 4.69) is 36.8 Å². The minimum Gasteiger partial charge on any atom is -0.322 e. The van der Waals surface area contributed by atoms with Crippen molar-refractivity contribution in [1.29, 1.82) is 0 Å². The van der Waals surface area contributed by atoms with E-state index in [4.69, 9.17) is 0 Å². The summed E-state index contributed by atoms with van der Waals surface area (Å²) in [6.45, 7) is 0.551. The first-order valence-corrected chi connectivity index (χ1v) is 8.78. The third kappa shape index (κ3) is 3.80. The van der Waals surface area contributed by atoms with Crippen molar-refractivity contribution in [1.82, 2.24) is 25.1 Å². The summed E-state index contributed by atoms with van der Waals surface area (Å²) in [5.74, 6) is 0.642. The molecule has 1 aromatic carbocycles. The van der Waals surface area contributed by atoms with E-state index >= 15 is 0 Å². The van der Waals surface area contributed by atoms with E-state index in [0.717, 1.165) is 14.9 Å². The fourth-order valence-corrected chi connectivity index (χ4v) is 3.67. The maximum absolute atomic E-state index is 12.4. The zero-order valence-corrected chi connectivity index (χ0v) is 15.5. The highest BCUT2D eigenvalue weighted by Crippen LogP contribution is 2.22. The molecule has 2 heterocycles. The Hall–Kier alpha value is -2.26. The maximum atomic E-state index is 12.4. The molecular weight excluding hydrogens is 392 g/mol. The van der Waals surface area contributed by atoms with Gasteiger partial charge in [-0.2, -0.15) is 0 Å². The van der Waals surface area contributed by atoms with Crippen LogP contribution in [0.4, 0.5) is 10.5 Å². The molecule has 0 aliphatic carbocycles. The highest BCUT2D eigenvalue weighted by molar-refractivity contribution is 9.10. The number of aromatic nitrogens is 4. The second kappa shape index (κ2) is 7.10. The summed E-state index contributed by atoms with van der Waals surface area (Å²) in [6.07, 6.45) is 0. The number of carbonyl (C=O) groups is 1. The van der Waals surface area contributed by atoms with Gasteiger partial charge in [-0.3, -0.25) is 0 Å². The first kappa shape index (κ1) is 16.6. The SMILES string of the molecule is CN(Cc1cc(Br)cs1)C(=O)Nc1cccc(-c2nnnn2C)c1. The van der Waals surface area contributed by atoms with Gasteiger partial charge in [0.15, 0.2) is 5.82 Å². The Morgan fingerprint density at radius 2 is 2.25 bits per heavy atom. The van der Waals surface area contributed by atoms with Gasteiger partial charge in [-0.05, 0) is 44.6 Å². The highest BCUT2D eigenvalue weighted by Gasteiger charge is 2.12. The molecule has 7 nitrogen and oxygen atoms in total. The van der Waals surface area contributed by atoms with Crippen molar-refractivity contribution in [2.45, 2.75) is 6.54 Å². The predicted molar refractivity (Wildman–Crippen MR) is 96.7 cm³/mol.